The molecule has 0 aliphatic heterocycles. The minimum absolute atomic E-state index is 0.0989. The summed E-state index contributed by atoms with van der Waals surface area (Å²) in [5.74, 6) is 0. The second kappa shape index (κ2) is 5.50. The van der Waals surface area contributed by atoms with Crippen molar-refractivity contribution < 1.29 is 4.92 Å². The van der Waals surface area contributed by atoms with Crippen molar-refractivity contribution in [1.29, 1.82) is 0 Å². The highest BCUT2D eigenvalue weighted by Gasteiger charge is 1.93. The van der Waals surface area contributed by atoms with Crippen LogP contribution >= 0.6 is 0 Å². The Balaban J connectivity index is 2.83. The molecular weight excluding hydrogens is 120 g/mol. The van der Waals surface area contributed by atoms with Crippen LogP contribution in [0.1, 0.15) is 12.8 Å². The van der Waals surface area contributed by atoms with Crippen molar-refractivity contribution in [3.63, 3.8) is 0 Å². The van der Waals surface area contributed by atoms with Crippen molar-refractivity contribution in [2.24, 2.45) is 0 Å². The van der Waals surface area contributed by atoms with Crippen molar-refractivity contribution >= 4 is 0 Å². The third-order valence-electron chi connectivity index (χ3n) is 1.02. The number of nitrogens with zero attached hydrogens (tertiary/aromatic N) is 1. The number of unbranched alkanes of at least 4 members (excludes halogenated alkanes) is 1. The normalized spacial score (nSPS) is 9.44. The van der Waals surface area contributed by atoms with Crippen molar-refractivity contribution in [3.05, 3.63) is 10.1 Å². The van der Waals surface area contributed by atoms with Gasteiger partial charge < -0.3 is 5.32 Å². The fourth-order valence-corrected chi connectivity index (χ4v) is 0.543. The van der Waals surface area contributed by atoms with E-state index in [4.69, 9.17) is 0 Å². The SMILES string of the molecule is CNCCCC[N+](=O)[O-]. The Morgan fingerprint density at radius 3 is 2.67 bits per heavy atom. The molecule has 0 radical (unpaired) electrons. The minimum atomic E-state index is -0.282. The lowest BCUT2D eigenvalue weighted by molar-refractivity contribution is -0.480. The number of nitrogens with one attached hydrogen (secondary N) is 1. The van der Waals surface area contributed by atoms with Gasteiger partial charge in [-0.15, -0.1) is 0 Å². The molecule has 0 fully saturated rings. The largest absolute Gasteiger partial charge is 0.320 e. The van der Waals surface area contributed by atoms with Gasteiger partial charge in [0.2, 0.25) is 6.54 Å². The molecule has 9 heavy (non-hydrogen) atoms. The Labute approximate surface area is 54.4 Å². The monoisotopic (exact) mass is 132 g/mol. The summed E-state index contributed by atoms with van der Waals surface area (Å²) in [5, 5.41) is 12.7. The van der Waals surface area contributed by atoms with Crippen LogP contribution in [0.2, 0.25) is 0 Å². The molecular formula is C5H12N2O2. The lowest BCUT2D eigenvalue weighted by atomic mass is 10.3. The lowest BCUT2D eigenvalue weighted by Crippen LogP contribution is -2.09. The van der Waals surface area contributed by atoms with Crippen molar-refractivity contribution in [2.45, 2.75) is 12.8 Å². The molecule has 0 heterocycles. The van der Waals surface area contributed by atoms with Gasteiger partial charge in [0.25, 0.3) is 0 Å². The molecule has 4 heteroatoms. The summed E-state index contributed by atoms with van der Waals surface area (Å²) in [4.78, 5) is 9.47. The summed E-state index contributed by atoms with van der Waals surface area (Å²) < 4.78 is 0. The predicted octanol–water partition coefficient (Wildman–Crippen LogP) is 0.263. The molecule has 0 aromatic rings. The lowest BCUT2D eigenvalue weighted by Gasteiger charge is -1.93. The highest BCUT2D eigenvalue weighted by atomic mass is 16.6. The van der Waals surface area contributed by atoms with Gasteiger partial charge in [-0.1, -0.05) is 0 Å². The van der Waals surface area contributed by atoms with E-state index in [0.29, 0.717) is 6.42 Å². The summed E-state index contributed by atoms with van der Waals surface area (Å²) in [6, 6.07) is 0. The summed E-state index contributed by atoms with van der Waals surface area (Å²) in [7, 11) is 1.84. The number of rotatable bonds is 5. The molecule has 0 saturated carbocycles. The van der Waals surface area contributed by atoms with Gasteiger partial charge >= 0.3 is 0 Å². The smallest absolute Gasteiger partial charge is 0.203 e. The maximum Gasteiger partial charge on any atom is 0.203 e. The quantitative estimate of drug-likeness (QED) is 0.331. The van der Waals surface area contributed by atoms with Crippen LogP contribution in [0, 0.1) is 10.1 Å². The van der Waals surface area contributed by atoms with Crippen LogP contribution in [0.15, 0.2) is 0 Å². The summed E-state index contributed by atoms with van der Waals surface area (Å²) in [6.45, 7) is 0.968. The van der Waals surface area contributed by atoms with Crippen LogP contribution in [0.5, 0.6) is 0 Å². The topological polar surface area (TPSA) is 55.2 Å². The van der Waals surface area contributed by atoms with E-state index in [1.165, 1.54) is 0 Å². The predicted molar refractivity (Wildman–Crippen MR) is 35.0 cm³/mol. The maximum absolute atomic E-state index is 9.75. The zero-order valence-electron chi connectivity index (χ0n) is 5.59. The summed E-state index contributed by atoms with van der Waals surface area (Å²) in [5.41, 5.74) is 0. The summed E-state index contributed by atoms with van der Waals surface area (Å²) in [6.07, 6.45) is 1.56. The van der Waals surface area contributed by atoms with Crippen molar-refractivity contribution in [2.75, 3.05) is 20.1 Å². The molecule has 0 bridgehead atoms. The molecule has 0 aliphatic rings. The Morgan fingerprint density at radius 1 is 1.56 bits per heavy atom. The molecule has 0 atom stereocenters. The van der Waals surface area contributed by atoms with Gasteiger partial charge in [-0.25, -0.2) is 0 Å². The first-order valence-corrected chi connectivity index (χ1v) is 3.03. The zero-order valence-corrected chi connectivity index (χ0v) is 5.59. The molecule has 0 rings (SSSR count). The Morgan fingerprint density at radius 2 is 2.22 bits per heavy atom. The Bertz CT molecular complexity index is 85.0. The number of nitro groups is 1. The first-order chi connectivity index (χ1) is 4.27. The van der Waals surface area contributed by atoms with Crippen LogP contribution in [0.25, 0.3) is 0 Å². The molecule has 0 amide bonds. The van der Waals surface area contributed by atoms with Gasteiger partial charge in [-0.2, -0.15) is 0 Å². The van der Waals surface area contributed by atoms with E-state index >= 15 is 0 Å². The molecule has 0 aromatic heterocycles. The fraction of sp³-hybridized carbons (Fsp3) is 1.00. The van der Waals surface area contributed by atoms with E-state index in [9.17, 15) is 10.1 Å². The van der Waals surface area contributed by atoms with Gasteiger partial charge in [0, 0.05) is 11.3 Å². The van der Waals surface area contributed by atoms with E-state index in [0.717, 1.165) is 13.0 Å². The van der Waals surface area contributed by atoms with Crippen LogP contribution in [-0.2, 0) is 0 Å². The Kier molecular flexibility index (Phi) is 5.11. The van der Waals surface area contributed by atoms with E-state index in [1.54, 1.807) is 0 Å². The first kappa shape index (κ1) is 8.36. The van der Waals surface area contributed by atoms with Gasteiger partial charge in [0.1, 0.15) is 0 Å². The molecule has 0 unspecified atom stereocenters. The maximum atomic E-state index is 9.75. The third kappa shape index (κ3) is 7.36. The van der Waals surface area contributed by atoms with E-state index in [2.05, 4.69) is 5.32 Å². The second-order valence-electron chi connectivity index (χ2n) is 1.87. The molecule has 4 nitrogen and oxygen atoms in total. The van der Waals surface area contributed by atoms with Crippen LogP contribution in [-0.4, -0.2) is 25.1 Å². The standard InChI is InChI=1S/C5H12N2O2/c1-6-4-2-3-5-7(8)9/h6H,2-5H2,1H3. The summed E-state index contributed by atoms with van der Waals surface area (Å²) >= 11 is 0. The van der Waals surface area contributed by atoms with Gasteiger partial charge in [0.05, 0.1) is 0 Å². The zero-order chi connectivity index (χ0) is 7.11. The van der Waals surface area contributed by atoms with Crippen molar-refractivity contribution in [3.8, 4) is 0 Å². The average Bonchev–Trinajstić information content (AvgIpc) is 1.80. The molecule has 0 saturated heterocycles. The van der Waals surface area contributed by atoms with E-state index in [1.807, 2.05) is 7.05 Å². The Hall–Kier alpha value is -0.640. The van der Waals surface area contributed by atoms with Gasteiger partial charge in [-0.05, 0) is 20.0 Å². The van der Waals surface area contributed by atoms with Crippen molar-refractivity contribution in [1.82, 2.24) is 5.32 Å². The fourth-order valence-electron chi connectivity index (χ4n) is 0.543. The highest BCUT2D eigenvalue weighted by Crippen LogP contribution is 1.85. The van der Waals surface area contributed by atoms with Gasteiger partial charge in [-0.3, -0.25) is 10.1 Å². The average molecular weight is 132 g/mol. The van der Waals surface area contributed by atoms with Crippen LogP contribution in [0.4, 0.5) is 0 Å². The molecule has 0 spiro atoms. The van der Waals surface area contributed by atoms with Crippen LogP contribution < -0.4 is 5.32 Å². The number of hydrogen-bond donors (Lipinski definition) is 1. The number of hydrogen-bond acceptors (Lipinski definition) is 3. The first-order valence-electron chi connectivity index (χ1n) is 3.03. The second-order valence-corrected chi connectivity index (χ2v) is 1.87. The van der Waals surface area contributed by atoms with Gasteiger partial charge in [0.15, 0.2) is 0 Å². The molecule has 0 aliphatic carbocycles. The van der Waals surface area contributed by atoms with E-state index < -0.39 is 0 Å². The highest BCUT2D eigenvalue weighted by molar-refractivity contribution is 4.40. The minimum Gasteiger partial charge on any atom is -0.320 e. The molecule has 1 N–H and O–H groups in total. The van der Waals surface area contributed by atoms with E-state index in [-0.39, 0.29) is 11.5 Å². The molecule has 0 aromatic carbocycles. The molecule has 54 valence electrons. The third-order valence-corrected chi connectivity index (χ3v) is 1.02. The van der Waals surface area contributed by atoms with Crippen LogP contribution in [0.3, 0.4) is 0 Å².